The van der Waals surface area contributed by atoms with Gasteiger partial charge in [0.2, 0.25) is 10.0 Å². The molecule has 4 nitrogen and oxygen atoms in total. The molecule has 0 saturated heterocycles. The van der Waals surface area contributed by atoms with Gasteiger partial charge in [-0.15, -0.1) is 13.2 Å². The van der Waals surface area contributed by atoms with Crippen LogP contribution in [-0.2, 0) is 10.0 Å². The Morgan fingerprint density at radius 2 is 1.60 bits per heavy atom. The number of para-hydroxylation sites is 1. The van der Waals surface area contributed by atoms with Crippen molar-refractivity contribution in [1.82, 2.24) is 4.72 Å². The monoisotopic (exact) mass is 391 g/mol. The highest BCUT2D eigenvalue weighted by molar-refractivity contribution is 7.89. The van der Waals surface area contributed by atoms with E-state index in [1.807, 2.05) is 4.72 Å². The van der Waals surface area contributed by atoms with Gasteiger partial charge >= 0.3 is 12.5 Å². The van der Waals surface area contributed by atoms with E-state index in [2.05, 4.69) is 4.74 Å². The molecule has 0 heterocycles. The zero-order valence-corrected chi connectivity index (χ0v) is 13.5. The summed E-state index contributed by atoms with van der Waals surface area (Å²) in [6.07, 6.45) is -9.33. The van der Waals surface area contributed by atoms with Crippen molar-refractivity contribution in [3.05, 3.63) is 24.3 Å². The second kappa shape index (κ2) is 7.02. The maximum absolute atomic E-state index is 13.1. The summed E-state index contributed by atoms with van der Waals surface area (Å²) in [7, 11) is -4.63. The number of halogens is 6. The molecule has 25 heavy (non-hydrogen) atoms. The fourth-order valence-corrected chi connectivity index (χ4v) is 4.25. The Labute approximate surface area is 140 Å². The zero-order chi connectivity index (χ0) is 18.9. The third kappa shape index (κ3) is 5.24. The van der Waals surface area contributed by atoms with E-state index < -0.39 is 45.2 Å². The zero-order valence-electron chi connectivity index (χ0n) is 12.7. The molecule has 1 N–H and O–H groups in total. The predicted octanol–water partition coefficient (Wildman–Crippen LogP) is 3.98. The van der Waals surface area contributed by atoms with Crippen LogP contribution in [0.15, 0.2) is 29.2 Å². The first kappa shape index (κ1) is 19.8. The van der Waals surface area contributed by atoms with Crippen molar-refractivity contribution in [1.29, 1.82) is 0 Å². The van der Waals surface area contributed by atoms with E-state index in [0.717, 1.165) is 24.3 Å². The molecule has 2 rings (SSSR count). The van der Waals surface area contributed by atoms with E-state index in [9.17, 15) is 34.8 Å². The standard InChI is InChI=1S/C14H15F6NO3S/c15-13(16,17)9-5-1-2-6-10(9)21-25(22,23)12-8-4-3-7-11(12)24-14(18,19)20/h3-4,7-10,21H,1-2,5-6H2. The molecule has 2 atom stereocenters. The molecule has 11 heteroatoms. The smallest absolute Gasteiger partial charge is 0.404 e. The van der Waals surface area contributed by atoms with Crippen LogP contribution in [0.3, 0.4) is 0 Å². The Hall–Kier alpha value is -1.49. The van der Waals surface area contributed by atoms with Crippen LogP contribution in [0.4, 0.5) is 26.3 Å². The van der Waals surface area contributed by atoms with Crippen LogP contribution in [0.2, 0.25) is 0 Å². The minimum Gasteiger partial charge on any atom is -0.404 e. The molecule has 1 aliphatic carbocycles. The van der Waals surface area contributed by atoms with Gasteiger partial charge in [0.25, 0.3) is 0 Å². The van der Waals surface area contributed by atoms with Gasteiger partial charge in [-0.25, -0.2) is 13.1 Å². The molecule has 0 aliphatic heterocycles. The number of nitrogens with one attached hydrogen (secondary N) is 1. The van der Waals surface area contributed by atoms with Crippen LogP contribution in [0.1, 0.15) is 25.7 Å². The SMILES string of the molecule is O=S(=O)(NC1CCCCC1C(F)(F)F)c1ccccc1OC(F)(F)F. The number of alkyl halides is 6. The molecule has 1 aliphatic rings. The number of hydrogen-bond acceptors (Lipinski definition) is 3. The van der Waals surface area contributed by atoms with Gasteiger partial charge in [-0.05, 0) is 25.0 Å². The van der Waals surface area contributed by atoms with E-state index in [1.54, 1.807) is 0 Å². The van der Waals surface area contributed by atoms with Gasteiger partial charge < -0.3 is 4.74 Å². The molecule has 0 aromatic heterocycles. The van der Waals surface area contributed by atoms with Gasteiger partial charge in [0.05, 0.1) is 5.92 Å². The molecule has 0 radical (unpaired) electrons. The lowest BCUT2D eigenvalue weighted by Gasteiger charge is -2.33. The highest BCUT2D eigenvalue weighted by atomic mass is 32.2. The van der Waals surface area contributed by atoms with Crippen molar-refractivity contribution < 1.29 is 39.5 Å². The van der Waals surface area contributed by atoms with E-state index >= 15 is 0 Å². The molecule has 1 saturated carbocycles. The van der Waals surface area contributed by atoms with Crippen molar-refractivity contribution in [3.63, 3.8) is 0 Å². The molecule has 0 amide bonds. The maximum atomic E-state index is 13.1. The fourth-order valence-electron chi connectivity index (χ4n) is 2.81. The van der Waals surface area contributed by atoms with E-state index in [4.69, 9.17) is 0 Å². The van der Waals surface area contributed by atoms with Crippen molar-refractivity contribution >= 4 is 10.0 Å². The van der Waals surface area contributed by atoms with Crippen LogP contribution in [0.5, 0.6) is 5.75 Å². The number of benzene rings is 1. The molecular formula is C14H15F6NO3S. The first-order valence-corrected chi connectivity index (χ1v) is 8.82. The Morgan fingerprint density at radius 1 is 1.00 bits per heavy atom. The first-order chi connectivity index (χ1) is 11.4. The maximum Gasteiger partial charge on any atom is 0.573 e. The molecule has 1 aromatic rings. The Morgan fingerprint density at radius 3 is 2.20 bits per heavy atom. The van der Waals surface area contributed by atoms with Crippen LogP contribution in [0, 0.1) is 5.92 Å². The molecule has 1 aromatic carbocycles. The summed E-state index contributed by atoms with van der Waals surface area (Å²) in [5.41, 5.74) is 0. The molecule has 0 spiro atoms. The lowest BCUT2D eigenvalue weighted by molar-refractivity contribution is -0.275. The average molecular weight is 391 g/mol. The molecular weight excluding hydrogens is 376 g/mol. The highest BCUT2D eigenvalue weighted by Crippen LogP contribution is 2.39. The number of sulfonamides is 1. The van der Waals surface area contributed by atoms with E-state index in [1.165, 1.54) is 0 Å². The summed E-state index contributed by atoms with van der Waals surface area (Å²) < 4.78 is 107. The van der Waals surface area contributed by atoms with Gasteiger partial charge in [-0.1, -0.05) is 25.0 Å². The average Bonchev–Trinajstić information content (AvgIpc) is 2.45. The minimum absolute atomic E-state index is 0.0499. The van der Waals surface area contributed by atoms with Crippen LogP contribution >= 0.6 is 0 Å². The first-order valence-electron chi connectivity index (χ1n) is 7.34. The minimum atomic E-state index is -5.13. The predicted molar refractivity (Wildman–Crippen MR) is 75.2 cm³/mol. The van der Waals surface area contributed by atoms with E-state index in [-0.39, 0.29) is 12.8 Å². The summed E-state index contributed by atoms with van der Waals surface area (Å²) >= 11 is 0. The molecule has 142 valence electrons. The third-order valence-corrected chi connectivity index (χ3v) is 5.39. The van der Waals surface area contributed by atoms with E-state index in [0.29, 0.717) is 12.8 Å². The van der Waals surface area contributed by atoms with Gasteiger partial charge in [0.15, 0.2) is 0 Å². The summed E-state index contributed by atoms with van der Waals surface area (Å²) in [5, 5.41) is 0. The normalized spacial score (nSPS) is 22.6. The second-order valence-electron chi connectivity index (χ2n) is 5.65. The largest absolute Gasteiger partial charge is 0.573 e. The van der Waals surface area contributed by atoms with Gasteiger partial charge in [-0.3, -0.25) is 0 Å². The Kier molecular flexibility index (Phi) is 5.57. The molecule has 0 bridgehead atoms. The fraction of sp³-hybridized carbons (Fsp3) is 0.571. The third-order valence-electron chi connectivity index (χ3n) is 3.86. The Balaban J connectivity index is 2.30. The molecule has 1 fully saturated rings. The summed E-state index contributed by atoms with van der Waals surface area (Å²) in [4.78, 5) is -0.862. The summed E-state index contributed by atoms with van der Waals surface area (Å²) in [6, 6.07) is 2.47. The number of rotatable bonds is 4. The summed E-state index contributed by atoms with van der Waals surface area (Å²) in [6.45, 7) is 0. The number of hydrogen-bond donors (Lipinski definition) is 1. The van der Waals surface area contributed by atoms with Gasteiger partial charge in [0.1, 0.15) is 10.6 Å². The highest BCUT2D eigenvalue weighted by Gasteiger charge is 2.47. The Bertz CT molecular complexity index is 701. The van der Waals surface area contributed by atoms with Crippen molar-refractivity contribution in [2.75, 3.05) is 0 Å². The number of ether oxygens (including phenoxy) is 1. The summed E-state index contributed by atoms with van der Waals surface area (Å²) in [5.74, 6) is -2.88. The lowest BCUT2D eigenvalue weighted by atomic mass is 9.85. The van der Waals surface area contributed by atoms with Crippen molar-refractivity contribution in [2.45, 2.75) is 49.2 Å². The van der Waals surface area contributed by atoms with Crippen LogP contribution < -0.4 is 9.46 Å². The van der Waals surface area contributed by atoms with Crippen LogP contribution in [0.25, 0.3) is 0 Å². The topological polar surface area (TPSA) is 55.4 Å². The van der Waals surface area contributed by atoms with Crippen molar-refractivity contribution in [3.8, 4) is 5.75 Å². The van der Waals surface area contributed by atoms with Gasteiger partial charge in [0, 0.05) is 6.04 Å². The van der Waals surface area contributed by atoms with Crippen LogP contribution in [-0.4, -0.2) is 27.0 Å². The van der Waals surface area contributed by atoms with Gasteiger partial charge in [-0.2, -0.15) is 13.2 Å². The van der Waals surface area contributed by atoms with Crippen molar-refractivity contribution in [2.24, 2.45) is 5.92 Å². The second-order valence-corrected chi connectivity index (χ2v) is 7.34. The quantitative estimate of drug-likeness (QED) is 0.790. The lowest BCUT2D eigenvalue weighted by Crippen LogP contribution is -2.47. The molecule has 2 unspecified atom stereocenters.